The van der Waals surface area contributed by atoms with E-state index >= 15 is 0 Å². The molecule has 1 aromatic carbocycles. The Morgan fingerprint density at radius 1 is 1.26 bits per heavy atom. The Bertz CT molecular complexity index is 1340. The third-order valence-corrected chi connectivity index (χ3v) is 5.79. The molecule has 5 rings (SSSR count). The van der Waals surface area contributed by atoms with E-state index in [0.717, 1.165) is 29.4 Å². The summed E-state index contributed by atoms with van der Waals surface area (Å²) in [6.07, 6.45) is 8.65. The number of nitrogens with one attached hydrogen (secondary N) is 4. The predicted octanol–water partition coefficient (Wildman–Crippen LogP) is 2.50. The van der Waals surface area contributed by atoms with Gasteiger partial charge < -0.3 is 29.8 Å². The van der Waals surface area contributed by atoms with Crippen molar-refractivity contribution in [3.05, 3.63) is 48.7 Å². The van der Waals surface area contributed by atoms with Crippen molar-refractivity contribution in [3.8, 4) is 22.8 Å². The molecule has 0 spiro atoms. The van der Waals surface area contributed by atoms with Crippen LogP contribution in [0.15, 0.2) is 43.1 Å². The molecule has 0 bridgehead atoms. The lowest BCUT2D eigenvalue weighted by atomic mass is 10.1. The normalized spacial score (nSPS) is 14.0. The number of nitrogens with zero attached hydrogens (tertiary/aromatic N) is 3. The quantitative estimate of drug-likeness (QED) is 0.370. The Balaban J connectivity index is 1.55. The zero-order valence-electron chi connectivity index (χ0n) is 19.4. The Hall–Kier alpha value is -4.25. The van der Waals surface area contributed by atoms with Crippen LogP contribution in [0.2, 0.25) is 0 Å². The second-order valence-electron chi connectivity index (χ2n) is 8.00. The summed E-state index contributed by atoms with van der Waals surface area (Å²) in [4.78, 5) is 31.8. The topological polar surface area (TPSA) is 137 Å². The Morgan fingerprint density at radius 3 is 2.86 bits per heavy atom. The number of anilines is 2. The fraction of sp³-hybridized carbons (Fsp3) is 0.292. The average Bonchev–Trinajstić information content (AvgIpc) is 3.34. The number of methoxy groups -OCH3 is 1. The molecule has 11 heteroatoms. The van der Waals surface area contributed by atoms with Crippen LogP contribution in [0.5, 0.6) is 11.6 Å². The van der Waals surface area contributed by atoms with Crippen molar-refractivity contribution in [1.29, 1.82) is 0 Å². The van der Waals surface area contributed by atoms with Crippen molar-refractivity contribution in [3.63, 3.8) is 0 Å². The molecule has 4 heterocycles. The van der Waals surface area contributed by atoms with Gasteiger partial charge in [0.05, 0.1) is 43.2 Å². The molecule has 1 saturated heterocycles. The van der Waals surface area contributed by atoms with Crippen LogP contribution in [-0.2, 0) is 4.74 Å². The Morgan fingerprint density at radius 2 is 2.11 bits per heavy atom. The number of H-pyrrole nitrogens is 2. The highest BCUT2D eigenvalue weighted by atomic mass is 16.5. The number of fused-ring (bicyclic) bond motifs is 1. The lowest BCUT2D eigenvalue weighted by molar-refractivity contribution is -0.382. The van der Waals surface area contributed by atoms with Crippen LogP contribution in [0.3, 0.4) is 0 Å². The van der Waals surface area contributed by atoms with E-state index in [-0.39, 0.29) is 12.0 Å². The first-order chi connectivity index (χ1) is 17.2. The minimum Gasteiger partial charge on any atom is -0.495 e. The van der Waals surface area contributed by atoms with Crippen LogP contribution in [0.4, 0.5) is 11.6 Å². The second-order valence-corrected chi connectivity index (χ2v) is 8.00. The van der Waals surface area contributed by atoms with Gasteiger partial charge in [-0.25, -0.2) is 4.98 Å². The number of carbonyl (C=O) groups excluding carboxylic acids is 1. The highest BCUT2D eigenvalue weighted by Crippen LogP contribution is 2.36. The first-order valence-electron chi connectivity index (χ1n) is 11.3. The molecular weight excluding hydrogens is 450 g/mol. The summed E-state index contributed by atoms with van der Waals surface area (Å²) in [6, 6.07) is 5.11. The molecule has 3 aromatic heterocycles. The first kappa shape index (κ1) is 22.5. The minimum atomic E-state index is -0.203. The summed E-state index contributed by atoms with van der Waals surface area (Å²) in [5.41, 5.74) is 3.48. The number of rotatable bonds is 7. The maximum atomic E-state index is 12.0. The van der Waals surface area contributed by atoms with Crippen LogP contribution in [0, 0.1) is 0 Å². The number of hydrogen-bond acceptors (Lipinski definition) is 8. The van der Waals surface area contributed by atoms with Gasteiger partial charge in [-0.05, 0) is 18.2 Å². The number of aromatic amines is 2. The molecule has 1 aliphatic rings. The molecule has 35 heavy (non-hydrogen) atoms. The van der Waals surface area contributed by atoms with Gasteiger partial charge in [-0.15, -0.1) is 0 Å². The van der Waals surface area contributed by atoms with Crippen LogP contribution < -0.4 is 25.1 Å². The molecule has 180 valence electrons. The molecule has 1 aliphatic heterocycles. The standard InChI is InChI=1S/C24H25N7O4/c1-25-22(32)14-3-4-18(19(9-14)33-2)29-24-30-21-20(17(12-28-21)15-10-26-13-27-11-15)23(31-24)35-16-5-7-34-8-6-16/h3-4,9-13,16H,5-8H2,1-2H3,(H,25,32)(H2,28,29,30,31)/p+1. The molecule has 0 unspecified atom stereocenters. The zero-order chi connectivity index (χ0) is 24.2. The third-order valence-electron chi connectivity index (χ3n) is 5.79. The molecule has 11 nitrogen and oxygen atoms in total. The van der Waals surface area contributed by atoms with Crippen LogP contribution in [0.25, 0.3) is 22.2 Å². The molecular formula is C24H26N7O4+. The van der Waals surface area contributed by atoms with E-state index in [4.69, 9.17) is 19.2 Å². The van der Waals surface area contributed by atoms with Crippen LogP contribution in [-0.4, -0.2) is 59.3 Å². The monoisotopic (exact) mass is 476 g/mol. The van der Waals surface area contributed by atoms with Crippen molar-refractivity contribution in [1.82, 2.24) is 25.3 Å². The molecule has 4 N–H and O–H groups in total. The van der Waals surface area contributed by atoms with Crippen molar-refractivity contribution in [2.45, 2.75) is 18.9 Å². The highest BCUT2D eigenvalue weighted by Gasteiger charge is 2.23. The summed E-state index contributed by atoms with van der Waals surface area (Å²) < 4.78 is 17.4. The Kier molecular flexibility index (Phi) is 6.40. The molecule has 0 atom stereocenters. The first-order valence-corrected chi connectivity index (χ1v) is 11.3. The average molecular weight is 477 g/mol. The smallest absolute Gasteiger partial charge is 0.283 e. The van der Waals surface area contributed by atoms with E-state index in [1.54, 1.807) is 44.9 Å². The zero-order valence-corrected chi connectivity index (χ0v) is 19.4. The van der Waals surface area contributed by atoms with Gasteiger partial charge in [0.15, 0.2) is 6.20 Å². The van der Waals surface area contributed by atoms with E-state index in [1.165, 1.54) is 0 Å². The highest BCUT2D eigenvalue weighted by molar-refractivity contribution is 5.98. The lowest BCUT2D eigenvalue weighted by Gasteiger charge is -2.23. The summed E-state index contributed by atoms with van der Waals surface area (Å²) in [5.74, 6) is 1.08. The number of amides is 1. The number of carbonyl (C=O) groups is 1. The molecule has 1 fully saturated rings. The van der Waals surface area contributed by atoms with E-state index in [9.17, 15) is 4.79 Å². The van der Waals surface area contributed by atoms with Gasteiger partial charge in [0.1, 0.15) is 17.5 Å². The van der Waals surface area contributed by atoms with Gasteiger partial charge in [-0.2, -0.15) is 9.97 Å². The maximum Gasteiger partial charge on any atom is 0.283 e. The summed E-state index contributed by atoms with van der Waals surface area (Å²) in [6.45, 7) is 1.30. The maximum absolute atomic E-state index is 12.0. The fourth-order valence-corrected chi connectivity index (χ4v) is 3.99. The number of hydrogen-bond donors (Lipinski definition) is 3. The van der Waals surface area contributed by atoms with E-state index in [1.807, 2.05) is 12.4 Å². The van der Waals surface area contributed by atoms with Gasteiger partial charge in [0, 0.05) is 37.2 Å². The number of benzene rings is 1. The van der Waals surface area contributed by atoms with Crippen LogP contribution in [0.1, 0.15) is 23.2 Å². The SMILES string of the molecule is CNC(=O)c1ccc(Nc2nc(OC3CCOCC3)c3c(-c4cnc[nH+]c4)c[nH]c3n2)c(OC)c1. The van der Waals surface area contributed by atoms with E-state index < -0.39 is 0 Å². The fourth-order valence-electron chi connectivity index (χ4n) is 3.99. The number of aromatic nitrogens is 5. The lowest BCUT2D eigenvalue weighted by Crippen LogP contribution is -2.26. The third kappa shape index (κ3) is 4.71. The number of ether oxygens (including phenoxy) is 3. The predicted molar refractivity (Wildman–Crippen MR) is 128 cm³/mol. The molecule has 0 aliphatic carbocycles. The molecule has 1 amide bonds. The Labute approximate surface area is 201 Å². The largest absolute Gasteiger partial charge is 0.495 e. The summed E-state index contributed by atoms with van der Waals surface area (Å²) in [7, 11) is 3.12. The molecule has 0 radical (unpaired) electrons. The van der Waals surface area contributed by atoms with Crippen molar-refractivity contribution < 1.29 is 24.0 Å². The molecule has 0 saturated carbocycles. The van der Waals surface area contributed by atoms with Gasteiger partial charge in [-0.1, -0.05) is 4.98 Å². The summed E-state index contributed by atoms with van der Waals surface area (Å²) >= 11 is 0. The van der Waals surface area contributed by atoms with Crippen molar-refractivity contribution in [2.75, 3.05) is 32.7 Å². The second kappa shape index (κ2) is 9.94. The molecule has 4 aromatic rings. The van der Waals surface area contributed by atoms with Gasteiger partial charge in [-0.3, -0.25) is 4.79 Å². The summed E-state index contributed by atoms with van der Waals surface area (Å²) in [5, 5.41) is 6.58. The van der Waals surface area contributed by atoms with Gasteiger partial charge in [0.2, 0.25) is 11.8 Å². The van der Waals surface area contributed by atoms with Crippen molar-refractivity contribution in [2.24, 2.45) is 0 Å². The van der Waals surface area contributed by atoms with E-state index in [2.05, 4.69) is 30.6 Å². The van der Waals surface area contributed by atoms with Gasteiger partial charge >= 0.3 is 0 Å². The van der Waals surface area contributed by atoms with Crippen molar-refractivity contribution >= 4 is 28.6 Å². The minimum absolute atomic E-state index is 0.0145. The van der Waals surface area contributed by atoms with E-state index in [0.29, 0.717) is 47.7 Å². The van der Waals surface area contributed by atoms with Crippen LogP contribution >= 0.6 is 0 Å². The van der Waals surface area contributed by atoms with Gasteiger partial charge in [0.25, 0.3) is 12.2 Å².